The highest BCUT2D eigenvalue weighted by molar-refractivity contribution is 7.72. The van der Waals surface area contributed by atoms with E-state index in [0.717, 1.165) is 18.4 Å². The number of ether oxygens (including phenoxy) is 2. The van der Waals surface area contributed by atoms with Gasteiger partial charge in [0.05, 0.1) is 29.7 Å². The topological polar surface area (TPSA) is 242 Å². The van der Waals surface area contributed by atoms with Gasteiger partial charge in [-0.3, -0.25) is 13.9 Å². The summed E-state index contributed by atoms with van der Waals surface area (Å²) in [6, 6.07) is 1.15. The number of amides is 1. The summed E-state index contributed by atoms with van der Waals surface area (Å²) in [6.45, 7) is 2.12. The van der Waals surface area contributed by atoms with Crippen LogP contribution < -0.4 is 20.8 Å². The third kappa shape index (κ3) is 5.67. The molecule has 7 N–H and O–H groups in total. The van der Waals surface area contributed by atoms with Gasteiger partial charge in [-0.15, -0.1) is 0 Å². The molecule has 2 saturated heterocycles. The second kappa shape index (κ2) is 12.0. The second-order valence-electron chi connectivity index (χ2n) is 11.8. The lowest BCUT2D eigenvalue weighted by Crippen LogP contribution is -2.51. The minimum Gasteiger partial charge on any atom is -0.492 e. The van der Waals surface area contributed by atoms with E-state index in [1.165, 1.54) is 18.2 Å². The maximum atomic E-state index is 13.5. The number of hydrogen-bond donors (Lipinski definition) is 6. The standard InChI is InChI=1S/C27H38N4O12P2/c1-3-15-11-18-22(31(17-6-7-17)13-19(23(18)32)25(33)34)24(42-2)21(15)29-12-16-5-4-10-30(20(16)14-29)26(35)43-27(8-9-28,44(36,37)38)45(39,40)41/h11,13,16-17,20H,3-10,12,14,28H2,1-2H3,(H,33,34)(H2,36,37,38)(H2,39,40,41)/t16?,20-/m0/s1. The number of aromatic nitrogens is 1. The van der Waals surface area contributed by atoms with E-state index in [9.17, 15) is 48.2 Å². The molecule has 248 valence electrons. The number of carbonyl (C=O) groups excluding carboxylic acids is 1. The molecule has 18 heteroatoms. The molecule has 0 bridgehead atoms. The van der Waals surface area contributed by atoms with Crippen LogP contribution in [0, 0.1) is 5.92 Å². The van der Waals surface area contributed by atoms with Crippen LogP contribution in [-0.2, 0) is 20.3 Å². The SMILES string of the molecule is CCc1cc2c(=O)c(C(=O)O)cn(C3CC3)c2c(OC)c1N1CC2CCCN(C(=O)OC(CCN)(P(=O)(O)O)P(=O)(O)O)[C@H]2C1. The smallest absolute Gasteiger partial charge is 0.411 e. The first-order valence-corrected chi connectivity index (χ1v) is 17.9. The number of fused-ring (bicyclic) bond motifs is 2. The molecular formula is C27H38N4O12P2. The summed E-state index contributed by atoms with van der Waals surface area (Å²) in [7, 11) is -9.95. The summed E-state index contributed by atoms with van der Waals surface area (Å²) in [6.07, 6.45) is 2.43. The highest BCUT2D eigenvalue weighted by Gasteiger charge is 2.64. The summed E-state index contributed by atoms with van der Waals surface area (Å²) in [5.74, 6) is -1.06. The number of nitrogens with zero attached hydrogens (tertiary/aromatic N) is 3. The summed E-state index contributed by atoms with van der Waals surface area (Å²) >= 11 is 0. The zero-order valence-corrected chi connectivity index (χ0v) is 26.7. The van der Waals surface area contributed by atoms with Gasteiger partial charge >= 0.3 is 32.3 Å². The number of aryl methyl sites for hydroxylation is 1. The van der Waals surface area contributed by atoms with Crippen molar-refractivity contribution in [1.29, 1.82) is 0 Å². The number of nitrogens with two attached hydrogens (primary N) is 1. The number of rotatable bonds is 10. The molecule has 3 fully saturated rings. The number of carbonyl (C=O) groups is 2. The molecule has 45 heavy (non-hydrogen) atoms. The van der Waals surface area contributed by atoms with Gasteiger partial charge in [0.25, 0.3) is 0 Å². The van der Waals surface area contributed by atoms with Gasteiger partial charge in [-0.05, 0) is 56.2 Å². The van der Waals surface area contributed by atoms with Crippen molar-refractivity contribution in [3.8, 4) is 5.75 Å². The van der Waals surface area contributed by atoms with Gasteiger partial charge in [0.15, 0.2) is 5.75 Å². The molecule has 3 aliphatic rings. The number of carboxylic acids is 1. The molecule has 1 aromatic carbocycles. The minimum atomic E-state index is -5.71. The van der Waals surface area contributed by atoms with Crippen LogP contribution in [0.2, 0.25) is 0 Å². The molecule has 2 aliphatic heterocycles. The molecule has 2 aromatic rings. The van der Waals surface area contributed by atoms with Crippen molar-refractivity contribution >= 4 is 43.8 Å². The van der Waals surface area contributed by atoms with E-state index in [1.807, 2.05) is 11.8 Å². The monoisotopic (exact) mass is 672 g/mol. The van der Waals surface area contributed by atoms with Crippen LogP contribution in [0.25, 0.3) is 10.9 Å². The first-order chi connectivity index (χ1) is 21.1. The Morgan fingerprint density at radius 3 is 2.31 bits per heavy atom. The Morgan fingerprint density at radius 2 is 1.78 bits per heavy atom. The van der Waals surface area contributed by atoms with Gasteiger partial charge in [-0.1, -0.05) is 6.92 Å². The molecule has 1 amide bonds. The molecule has 16 nitrogen and oxygen atoms in total. The molecule has 3 heterocycles. The van der Waals surface area contributed by atoms with Crippen LogP contribution in [0.15, 0.2) is 17.1 Å². The first-order valence-electron chi connectivity index (χ1n) is 14.7. The van der Waals surface area contributed by atoms with Crippen molar-refractivity contribution in [2.75, 3.05) is 38.2 Å². The van der Waals surface area contributed by atoms with Crippen molar-refractivity contribution in [3.63, 3.8) is 0 Å². The number of likely N-dealkylation sites (tertiary alicyclic amines) is 1. The maximum absolute atomic E-state index is 13.5. The van der Waals surface area contributed by atoms with Crippen molar-refractivity contribution < 1.29 is 52.9 Å². The van der Waals surface area contributed by atoms with E-state index in [2.05, 4.69) is 0 Å². The largest absolute Gasteiger partial charge is 0.492 e. The van der Waals surface area contributed by atoms with E-state index in [0.29, 0.717) is 42.8 Å². The Bertz CT molecular complexity index is 1660. The highest BCUT2D eigenvalue weighted by Crippen LogP contribution is 2.71. The van der Waals surface area contributed by atoms with Crippen molar-refractivity contribution in [3.05, 3.63) is 33.6 Å². The predicted octanol–water partition coefficient (Wildman–Crippen LogP) is 2.00. The number of methoxy groups -OCH3 is 1. The number of hydrogen-bond acceptors (Lipinski definition) is 9. The lowest BCUT2D eigenvalue weighted by molar-refractivity contribution is 0.0263. The zero-order chi connectivity index (χ0) is 33.1. The Labute approximate surface area is 258 Å². The second-order valence-corrected chi connectivity index (χ2v) is 15.8. The number of piperidine rings is 1. The van der Waals surface area contributed by atoms with Crippen molar-refractivity contribution in [2.24, 2.45) is 11.7 Å². The fourth-order valence-electron chi connectivity index (χ4n) is 6.74. The van der Waals surface area contributed by atoms with Gasteiger partial charge in [0.1, 0.15) is 5.56 Å². The normalized spacial score (nSPS) is 20.8. The number of anilines is 1. The molecule has 1 saturated carbocycles. The third-order valence-corrected chi connectivity index (χ3v) is 13.1. The molecule has 1 aromatic heterocycles. The van der Waals surface area contributed by atoms with E-state index < -0.39 is 56.8 Å². The number of benzene rings is 1. The molecule has 0 radical (unpaired) electrons. The third-order valence-electron chi connectivity index (χ3n) is 9.04. The summed E-state index contributed by atoms with van der Waals surface area (Å²) < 4.78 is 37.5. The van der Waals surface area contributed by atoms with Crippen LogP contribution in [0.5, 0.6) is 5.75 Å². The van der Waals surface area contributed by atoms with Crippen molar-refractivity contribution in [2.45, 2.75) is 62.6 Å². The van der Waals surface area contributed by atoms with Crippen LogP contribution >= 0.6 is 15.2 Å². The minimum absolute atomic E-state index is 0.00341. The lowest BCUT2D eigenvalue weighted by atomic mass is 9.92. The molecule has 0 spiro atoms. The molecule has 2 atom stereocenters. The molecule has 5 rings (SSSR count). The van der Waals surface area contributed by atoms with Crippen LogP contribution in [0.1, 0.15) is 61.0 Å². The Morgan fingerprint density at radius 1 is 1.11 bits per heavy atom. The quantitative estimate of drug-likeness (QED) is 0.198. The van der Waals surface area contributed by atoms with Gasteiger partial charge in [-0.2, -0.15) is 0 Å². The number of aromatic carboxylic acids is 1. The summed E-state index contributed by atoms with van der Waals surface area (Å²) in [5.41, 5.74) is 6.36. The van der Waals surface area contributed by atoms with E-state index in [1.54, 1.807) is 10.6 Å². The maximum Gasteiger partial charge on any atom is 0.411 e. The van der Waals surface area contributed by atoms with Crippen LogP contribution in [-0.4, -0.2) is 90.6 Å². The number of carboxylic acid groups (broad SMARTS) is 1. The Balaban J connectivity index is 1.56. The molecule has 1 aliphatic carbocycles. The average Bonchev–Trinajstić information content (AvgIpc) is 3.71. The summed E-state index contributed by atoms with van der Waals surface area (Å²) in [5, 5.41) is 6.53. The number of pyridine rings is 1. The fourth-order valence-corrected chi connectivity index (χ4v) is 9.33. The van der Waals surface area contributed by atoms with E-state index in [-0.39, 0.29) is 36.0 Å². The van der Waals surface area contributed by atoms with Crippen LogP contribution in [0.3, 0.4) is 0 Å². The Hall–Kier alpha value is -2.97. The molecule has 1 unspecified atom stereocenters. The average molecular weight is 673 g/mol. The lowest BCUT2D eigenvalue weighted by Gasteiger charge is -2.40. The van der Waals surface area contributed by atoms with Gasteiger partial charge in [0.2, 0.25) is 5.43 Å². The molecular weight excluding hydrogens is 634 g/mol. The van der Waals surface area contributed by atoms with Gasteiger partial charge in [0, 0.05) is 38.3 Å². The van der Waals surface area contributed by atoms with Gasteiger partial charge < -0.3 is 54.3 Å². The Kier molecular flexibility index (Phi) is 8.90. The fraction of sp³-hybridized carbons (Fsp3) is 0.593. The van der Waals surface area contributed by atoms with E-state index >= 15 is 0 Å². The summed E-state index contributed by atoms with van der Waals surface area (Å²) in [4.78, 5) is 81.8. The highest BCUT2D eigenvalue weighted by atomic mass is 31.2. The zero-order valence-electron chi connectivity index (χ0n) is 24.9. The van der Waals surface area contributed by atoms with Gasteiger partial charge in [-0.25, -0.2) is 9.59 Å². The van der Waals surface area contributed by atoms with E-state index in [4.69, 9.17) is 15.2 Å². The van der Waals surface area contributed by atoms with Crippen LogP contribution in [0.4, 0.5) is 10.5 Å². The first kappa shape index (κ1) is 33.4. The van der Waals surface area contributed by atoms with Crippen molar-refractivity contribution in [1.82, 2.24) is 9.47 Å². The predicted molar refractivity (Wildman–Crippen MR) is 162 cm³/mol.